The van der Waals surface area contributed by atoms with Crippen molar-refractivity contribution in [3.8, 4) is 6.07 Å². The van der Waals surface area contributed by atoms with Gasteiger partial charge in [-0.3, -0.25) is 0 Å². The third-order valence-electron chi connectivity index (χ3n) is 2.80. The molecule has 0 radical (unpaired) electrons. The highest BCUT2D eigenvalue weighted by molar-refractivity contribution is 5.66. The Morgan fingerprint density at radius 3 is 2.30 bits per heavy atom. The Labute approximate surface area is 116 Å². The molecule has 102 valence electrons. The van der Waals surface area contributed by atoms with E-state index in [4.69, 9.17) is 5.26 Å². The van der Waals surface area contributed by atoms with Crippen LogP contribution in [0.25, 0.3) is 0 Å². The lowest BCUT2D eigenvalue weighted by Crippen LogP contribution is -2.08. The number of nitrogens with zero attached hydrogens (tertiary/aromatic N) is 2. The van der Waals surface area contributed by atoms with Crippen molar-refractivity contribution >= 4 is 17.1 Å². The Morgan fingerprint density at radius 1 is 1.10 bits per heavy atom. The van der Waals surface area contributed by atoms with Crippen molar-refractivity contribution in [2.45, 2.75) is 0 Å². The van der Waals surface area contributed by atoms with Crippen molar-refractivity contribution in [3.63, 3.8) is 0 Å². The highest BCUT2D eigenvalue weighted by atomic mass is 19.1. The first kappa shape index (κ1) is 13.8. The van der Waals surface area contributed by atoms with Crippen molar-refractivity contribution < 1.29 is 8.78 Å². The van der Waals surface area contributed by atoms with Gasteiger partial charge in [0.15, 0.2) is 11.6 Å². The summed E-state index contributed by atoms with van der Waals surface area (Å²) in [6.07, 6.45) is 0. The number of halogens is 2. The van der Waals surface area contributed by atoms with E-state index in [9.17, 15) is 8.78 Å². The van der Waals surface area contributed by atoms with Crippen LogP contribution in [0.2, 0.25) is 0 Å². The van der Waals surface area contributed by atoms with Crippen LogP contribution < -0.4 is 10.2 Å². The standard InChI is InChI=1S/C15H13F2N3/c1-20(2)12-5-3-4-11(8-12)19-15-13(16)6-10(9-18)7-14(15)17/h3-8,19H,1-2H3. The van der Waals surface area contributed by atoms with Gasteiger partial charge in [0.2, 0.25) is 0 Å². The van der Waals surface area contributed by atoms with Gasteiger partial charge in [0.05, 0.1) is 11.6 Å². The molecule has 0 heterocycles. The van der Waals surface area contributed by atoms with Crippen LogP contribution in [0.5, 0.6) is 0 Å². The van der Waals surface area contributed by atoms with E-state index in [-0.39, 0.29) is 11.3 Å². The van der Waals surface area contributed by atoms with E-state index < -0.39 is 11.6 Å². The molecular formula is C15H13F2N3. The monoisotopic (exact) mass is 273 g/mol. The molecule has 0 amide bonds. The first-order valence-electron chi connectivity index (χ1n) is 5.95. The first-order chi connectivity index (χ1) is 9.51. The minimum atomic E-state index is -0.795. The minimum Gasteiger partial charge on any atom is -0.378 e. The fourth-order valence-electron chi connectivity index (χ4n) is 1.76. The first-order valence-corrected chi connectivity index (χ1v) is 5.95. The van der Waals surface area contributed by atoms with Crippen LogP contribution in [0.1, 0.15) is 5.56 Å². The van der Waals surface area contributed by atoms with Crippen LogP contribution in [0.4, 0.5) is 25.8 Å². The number of hydrogen-bond acceptors (Lipinski definition) is 3. The zero-order valence-corrected chi connectivity index (χ0v) is 11.1. The van der Waals surface area contributed by atoms with Crippen LogP contribution in [-0.2, 0) is 0 Å². The lowest BCUT2D eigenvalue weighted by atomic mass is 10.2. The summed E-state index contributed by atoms with van der Waals surface area (Å²) in [5.41, 5.74) is 1.16. The highest BCUT2D eigenvalue weighted by Gasteiger charge is 2.11. The number of benzene rings is 2. The van der Waals surface area contributed by atoms with E-state index in [1.54, 1.807) is 24.3 Å². The predicted molar refractivity (Wildman–Crippen MR) is 75.1 cm³/mol. The van der Waals surface area contributed by atoms with Crippen molar-refractivity contribution in [2.75, 3.05) is 24.3 Å². The van der Waals surface area contributed by atoms with Crippen molar-refractivity contribution in [3.05, 3.63) is 53.6 Å². The van der Waals surface area contributed by atoms with E-state index in [1.165, 1.54) is 0 Å². The molecule has 20 heavy (non-hydrogen) atoms. The molecule has 0 aliphatic rings. The van der Waals surface area contributed by atoms with E-state index in [0.29, 0.717) is 5.69 Å². The molecule has 0 atom stereocenters. The molecule has 0 saturated heterocycles. The topological polar surface area (TPSA) is 39.1 Å². The van der Waals surface area contributed by atoms with Crippen molar-refractivity contribution in [1.29, 1.82) is 5.26 Å². The number of anilines is 3. The second-order valence-electron chi connectivity index (χ2n) is 4.50. The number of nitriles is 1. The Morgan fingerprint density at radius 2 is 1.75 bits per heavy atom. The Bertz CT molecular complexity index is 652. The van der Waals surface area contributed by atoms with Gasteiger partial charge in [0, 0.05) is 25.5 Å². The molecule has 0 spiro atoms. The smallest absolute Gasteiger partial charge is 0.150 e. The van der Waals surface area contributed by atoms with Crippen LogP contribution in [0.15, 0.2) is 36.4 Å². The largest absolute Gasteiger partial charge is 0.378 e. The quantitative estimate of drug-likeness (QED) is 0.927. The molecule has 0 bridgehead atoms. The zero-order chi connectivity index (χ0) is 14.7. The Kier molecular flexibility index (Phi) is 3.85. The van der Waals surface area contributed by atoms with E-state index in [0.717, 1.165) is 17.8 Å². The number of nitrogens with one attached hydrogen (secondary N) is 1. The number of rotatable bonds is 3. The van der Waals surface area contributed by atoms with Gasteiger partial charge in [-0.25, -0.2) is 8.78 Å². The molecule has 5 heteroatoms. The average molecular weight is 273 g/mol. The SMILES string of the molecule is CN(C)c1cccc(Nc2c(F)cc(C#N)cc2F)c1. The van der Waals surface area contributed by atoms with Crippen molar-refractivity contribution in [2.24, 2.45) is 0 Å². The highest BCUT2D eigenvalue weighted by Crippen LogP contribution is 2.26. The average Bonchev–Trinajstić information content (AvgIpc) is 2.42. The molecule has 0 aromatic heterocycles. The van der Waals surface area contributed by atoms with Crippen LogP contribution in [-0.4, -0.2) is 14.1 Å². The van der Waals surface area contributed by atoms with Crippen LogP contribution in [0, 0.1) is 23.0 Å². The summed E-state index contributed by atoms with van der Waals surface area (Å²) in [6, 6.07) is 10.9. The summed E-state index contributed by atoms with van der Waals surface area (Å²) in [5, 5.41) is 11.4. The summed E-state index contributed by atoms with van der Waals surface area (Å²) in [6.45, 7) is 0. The fourth-order valence-corrected chi connectivity index (χ4v) is 1.76. The molecule has 2 aromatic carbocycles. The second-order valence-corrected chi connectivity index (χ2v) is 4.50. The molecule has 1 N–H and O–H groups in total. The summed E-state index contributed by atoms with van der Waals surface area (Å²) in [5.74, 6) is -1.59. The van der Waals surface area contributed by atoms with E-state index >= 15 is 0 Å². The van der Waals surface area contributed by atoms with Gasteiger partial charge >= 0.3 is 0 Å². The molecular weight excluding hydrogens is 260 g/mol. The lowest BCUT2D eigenvalue weighted by Gasteiger charge is -2.15. The molecule has 2 aromatic rings. The fraction of sp³-hybridized carbons (Fsp3) is 0.133. The zero-order valence-electron chi connectivity index (χ0n) is 11.1. The molecule has 3 nitrogen and oxygen atoms in total. The molecule has 0 unspecified atom stereocenters. The molecule has 0 aliphatic heterocycles. The van der Waals surface area contributed by atoms with Gasteiger partial charge in [-0.15, -0.1) is 0 Å². The van der Waals surface area contributed by atoms with Crippen LogP contribution >= 0.6 is 0 Å². The molecule has 0 fully saturated rings. The summed E-state index contributed by atoms with van der Waals surface area (Å²) >= 11 is 0. The summed E-state index contributed by atoms with van der Waals surface area (Å²) < 4.78 is 27.6. The minimum absolute atomic E-state index is 0.0485. The van der Waals surface area contributed by atoms with Gasteiger partial charge in [-0.05, 0) is 30.3 Å². The molecule has 2 rings (SSSR count). The predicted octanol–water partition coefficient (Wildman–Crippen LogP) is 3.65. The number of hydrogen-bond donors (Lipinski definition) is 1. The maximum absolute atomic E-state index is 13.8. The lowest BCUT2D eigenvalue weighted by molar-refractivity contribution is 0.590. The normalized spacial score (nSPS) is 9.95. The van der Waals surface area contributed by atoms with Crippen LogP contribution in [0.3, 0.4) is 0 Å². The van der Waals surface area contributed by atoms with Gasteiger partial charge < -0.3 is 10.2 Å². The van der Waals surface area contributed by atoms with Gasteiger partial charge in [-0.2, -0.15) is 5.26 Å². The molecule has 0 aliphatic carbocycles. The van der Waals surface area contributed by atoms with Gasteiger partial charge in [0.25, 0.3) is 0 Å². The maximum Gasteiger partial charge on any atom is 0.150 e. The Balaban J connectivity index is 2.36. The van der Waals surface area contributed by atoms with E-state index in [2.05, 4.69) is 5.32 Å². The molecule has 0 saturated carbocycles. The second kappa shape index (κ2) is 5.57. The summed E-state index contributed by atoms with van der Waals surface area (Å²) in [7, 11) is 3.75. The third kappa shape index (κ3) is 2.86. The van der Waals surface area contributed by atoms with Gasteiger partial charge in [-0.1, -0.05) is 6.07 Å². The van der Waals surface area contributed by atoms with Gasteiger partial charge in [0.1, 0.15) is 5.69 Å². The van der Waals surface area contributed by atoms with E-state index in [1.807, 2.05) is 25.1 Å². The third-order valence-corrected chi connectivity index (χ3v) is 2.80. The summed E-state index contributed by atoms with van der Waals surface area (Å²) in [4.78, 5) is 1.89. The Hall–Kier alpha value is -2.61. The van der Waals surface area contributed by atoms with Crippen molar-refractivity contribution in [1.82, 2.24) is 0 Å². The maximum atomic E-state index is 13.8.